The van der Waals surface area contributed by atoms with Crippen LogP contribution in [-0.2, 0) is 4.79 Å². The number of hydrogen-bond donors (Lipinski definition) is 2. The van der Waals surface area contributed by atoms with E-state index in [-0.39, 0.29) is 12.5 Å². The summed E-state index contributed by atoms with van der Waals surface area (Å²) in [5.74, 6) is 0.103. The second-order valence-corrected chi connectivity index (χ2v) is 6.68. The van der Waals surface area contributed by atoms with Crippen molar-refractivity contribution in [1.29, 1.82) is 0 Å². The summed E-state index contributed by atoms with van der Waals surface area (Å²) >= 11 is 1.41. The second-order valence-electron chi connectivity index (χ2n) is 5.82. The topological polar surface area (TPSA) is 77.2 Å². The second kappa shape index (κ2) is 5.86. The van der Waals surface area contributed by atoms with Gasteiger partial charge in [-0.1, -0.05) is 0 Å². The summed E-state index contributed by atoms with van der Waals surface area (Å²) < 4.78 is 19.0. The van der Waals surface area contributed by atoms with E-state index < -0.39 is 5.82 Å². The molecule has 0 fully saturated rings. The van der Waals surface area contributed by atoms with E-state index >= 15 is 0 Å². The standard InChI is InChI=1S/C18H14FN3O2S/c1-9-2-10(5-14-17(9)24-7-16(23)21-14)15-8-25-18(22-15)11-3-12(19)6-13(20)4-11/h2-6,8H,7,20H2,1H3,(H,21,23). The van der Waals surface area contributed by atoms with Gasteiger partial charge in [0.25, 0.3) is 5.91 Å². The minimum atomic E-state index is -0.392. The molecule has 1 aliphatic rings. The molecule has 0 aliphatic carbocycles. The maximum absolute atomic E-state index is 13.6. The van der Waals surface area contributed by atoms with Crippen LogP contribution in [0.15, 0.2) is 35.7 Å². The van der Waals surface area contributed by atoms with E-state index in [1.807, 2.05) is 24.4 Å². The maximum atomic E-state index is 13.6. The molecule has 1 aromatic heterocycles. The average Bonchev–Trinajstić information content (AvgIpc) is 3.03. The number of fused-ring (bicyclic) bond motifs is 1. The Bertz CT molecular complexity index is 980. The van der Waals surface area contributed by atoms with E-state index in [1.54, 1.807) is 6.07 Å². The van der Waals surface area contributed by atoms with Gasteiger partial charge in [0.2, 0.25) is 0 Å². The van der Waals surface area contributed by atoms with Crippen LogP contribution in [-0.4, -0.2) is 17.5 Å². The van der Waals surface area contributed by atoms with E-state index in [0.29, 0.717) is 27.7 Å². The first-order valence-electron chi connectivity index (χ1n) is 7.59. The minimum absolute atomic E-state index is 0.0228. The van der Waals surface area contributed by atoms with E-state index in [1.165, 1.54) is 23.5 Å². The Morgan fingerprint density at radius 3 is 2.88 bits per heavy atom. The Labute approximate surface area is 147 Å². The van der Waals surface area contributed by atoms with Gasteiger partial charge in [-0.25, -0.2) is 9.37 Å². The largest absolute Gasteiger partial charge is 0.481 e. The molecule has 0 saturated heterocycles. The Hall–Kier alpha value is -2.93. The average molecular weight is 355 g/mol. The maximum Gasteiger partial charge on any atom is 0.262 e. The summed E-state index contributed by atoms with van der Waals surface area (Å²) in [6.07, 6.45) is 0. The number of benzene rings is 2. The highest BCUT2D eigenvalue weighted by Gasteiger charge is 2.20. The highest BCUT2D eigenvalue weighted by molar-refractivity contribution is 7.13. The van der Waals surface area contributed by atoms with Crippen LogP contribution in [0.2, 0.25) is 0 Å². The normalized spacial score (nSPS) is 13.1. The Morgan fingerprint density at radius 2 is 2.08 bits per heavy atom. The molecule has 2 heterocycles. The van der Waals surface area contributed by atoms with Crippen LogP contribution in [0, 0.1) is 12.7 Å². The van der Waals surface area contributed by atoms with Crippen molar-refractivity contribution in [2.45, 2.75) is 6.92 Å². The number of aromatic nitrogens is 1. The number of carbonyl (C=O) groups is 1. The van der Waals surface area contributed by atoms with Crippen molar-refractivity contribution in [1.82, 2.24) is 4.98 Å². The third kappa shape index (κ3) is 2.94. The summed E-state index contributed by atoms with van der Waals surface area (Å²) in [6, 6.07) is 8.16. The zero-order valence-corrected chi connectivity index (χ0v) is 14.1. The van der Waals surface area contributed by atoms with E-state index in [9.17, 15) is 9.18 Å². The number of nitrogen functional groups attached to an aromatic ring is 1. The number of nitrogens with zero attached hydrogens (tertiary/aromatic N) is 1. The number of nitrogens with one attached hydrogen (secondary N) is 1. The monoisotopic (exact) mass is 355 g/mol. The number of rotatable bonds is 2. The molecule has 3 N–H and O–H groups in total. The lowest BCUT2D eigenvalue weighted by molar-refractivity contribution is -0.118. The van der Waals surface area contributed by atoms with Crippen LogP contribution in [0.4, 0.5) is 15.8 Å². The first-order chi connectivity index (χ1) is 12.0. The van der Waals surface area contributed by atoms with Crippen LogP contribution >= 0.6 is 11.3 Å². The number of anilines is 2. The van der Waals surface area contributed by atoms with Gasteiger partial charge in [0.15, 0.2) is 6.61 Å². The van der Waals surface area contributed by atoms with Gasteiger partial charge in [-0.15, -0.1) is 11.3 Å². The van der Waals surface area contributed by atoms with Crippen molar-refractivity contribution in [3.05, 3.63) is 47.1 Å². The molecule has 0 atom stereocenters. The van der Waals surface area contributed by atoms with Gasteiger partial charge in [-0.05, 0) is 42.8 Å². The molecule has 126 valence electrons. The van der Waals surface area contributed by atoms with Gasteiger partial charge in [0.05, 0.1) is 11.4 Å². The van der Waals surface area contributed by atoms with Gasteiger partial charge in [-0.3, -0.25) is 4.79 Å². The lowest BCUT2D eigenvalue weighted by Crippen LogP contribution is -2.25. The lowest BCUT2D eigenvalue weighted by Gasteiger charge is -2.20. The molecule has 2 aromatic carbocycles. The number of aryl methyl sites for hydroxylation is 1. The van der Waals surface area contributed by atoms with Crippen molar-refractivity contribution >= 4 is 28.6 Å². The van der Waals surface area contributed by atoms with Gasteiger partial charge in [-0.2, -0.15) is 0 Å². The molecule has 5 nitrogen and oxygen atoms in total. The molecule has 25 heavy (non-hydrogen) atoms. The minimum Gasteiger partial charge on any atom is -0.481 e. The van der Waals surface area contributed by atoms with Crippen molar-refractivity contribution in [2.24, 2.45) is 0 Å². The van der Waals surface area contributed by atoms with E-state index in [4.69, 9.17) is 10.5 Å². The molecule has 7 heteroatoms. The van der Waals surface area contributed by atoms with Crippen LogP contribution in [0.5, 0.6) is 5.75 Å². The third-order valence-corrected chi connectivity index (χ3v) is 4.75. The fourth-order valence-corrected chi connectivity index (χ4v) is 3.62. The number of halogens is 1. The quantitative estimate of drug-likeness (QED) is 0.685. The van der Waals surface area contributed by atoms with E-state index in [2.05, 4.69) is 10.3 Å². The van der Waals surface area contributed by atoms with Crippen molar-refractivity contribution in [3.8, 4) is 27.6 Å². The summed E-state index contributed by atoms with van der Waals surface area (Å²) in [6.45, 7) is 1.94. The molecule has 0 bridgehead atoms. The van der Waals surface area contributed by atoms with Gasteiger partial charge in [0, 0.05) is 22.2 Å². The zero-order valence-electron chi connectivity index (χ0n) is 13.3. The summed E-state index contributed by atoms with van der Waals surface area (Å²) in [4.78, 5) is 16.1. The number of hydrogen-bond acceptors (Lipinski definition) is 5. The molecule has 0 radical (unpaired) electrons. The number of ether oxygens (including phenoxy) is 1. The molecule has 3 aromatic rings. The van der Waals surface area contributed by atoms with Crippen LogP contribution in [0.3, 0.4) is 0 Å². The van der Waals surface area contributed by atoms with Crippen LogP contribution in [0.25, 0.3) is 21.8 Å². The molecule has 1 aliphatic heterocycles. The molecule has 0 spiro atoms. The summed E-state index contributed by atoms with van der Waals surface area (Å²) in [5, 5.41) is 5.38. The molecular weight excluding hydrogens is 341 g/mol. The van der Waals surface area contributed by atoms with Crippen molar-refractivity contribution in [3.63, 3.8) is 0 Å². The summed E-state index contributed by atoms with van der Waals surface area (Å²) in [5.41, 5.74) is 9.85. The number of nitrogens with two attached hydrogens (primary N) is 1. The van der Waals surface area contributed by atoms with Crippen molar-refractivity contribution < 1.29 is 13.9 Å². The highest BCUT2D eigenvalue weighted by Crippen LogP contribution is 2.37. The summed E-state index contributed by atoms with van der Waals surface area (Å²) in [7, 11) is 0. The molecule has 0 saturated carbocycles. The SMILES string of the molecule is Cc1cc(-c2csc(-c3cc(N)cc(F)c3)n2)cc2c1OCC(=O)N2. The zero-order chi connectivity index (χ0) is 17.6. The Balaban J connectivity index is 1.74. The smallest absolute Gasteiger partial charge is 0.262 e. The predicted octanol–water partition coefficient (Wildman–Crippen LogP) is 3.84. The van der Waals surface area contributed by atoms with Crippen LogP contribution in [0.1, 0.15) is 5.56 Å². The molecule has 0 unspecified atom stereocenters. The van der Waals surface area contributed by atoms with Gasteiger partial charge < -0.3 is 15.8 Å². The van der Waals surface area contributed by atoms with Crippen molar-refractivity contribution in [2.75, 3.05) is 17.7 Å². The number of thiazole rings is 1. The highest BCUT2D eigenvalue weighted by atomic mass is 32.1. The van der Waals surface area contributed by atoms with Crippen LogP contribution < -0.4 is 15.8 Å². The Kier molecular flexibility index (Phi) is 3.65. The molecule has 4 rings (SSSR count). The number of carbonyl (C=O) groups excluding carboxylic acids is 1. The lowest BCUT2D eigenvalue weighted by atomic mass is 10.1. The molecular formula is C18H14FN3O2S. The number of amides is 1. The molecule has 1 amide bonds. The predicted molar refractivity (Wildman–Crippen MR) is 96.2 cm³/mol. The third-order valence-electron chi connectivity index (χ3n) is 3.86. The van der Waals surface area contributed by atoms with E-state index in [0.717, 1.165) is 16.8 Å². The van der Waals surface area contributed by atoms with Gasteiger partial charge >= 0.3 is 0 Å². The first-order valence-corrected chi connectivity index (χ1v) is 8.47. The Morgan fingerprint density at radius 1 is 1.24 bits per heavy atom. The first kappa shape index (κ1) is 15.6. The fourth-order valence-electron chi connectivity index (χ4n) is 2.80. The fraction of sp³-hybridized carbons (Fsp3) is 0.111. The van der Waals surface area contributed by atoms with Gasteiger partial charge in [0.1, 0.15) is 16.6 Å².